The van der Waals surface area contributed by atoms with Crippen LogP contribution < -0.4 is 10.2 Å². The lowest BCUT2D eigenvalue weighted by molar-refractivity contribution is 0.0587. The van der Waals surface area contributed by atoms with Gasteiger partial charge in [0.2, 0.25) is 5.82 Å². The van der Waals surface area contributed by atoms with E-state index in [9.17, 15) is 4.79 Å². The molecule has 0 atom stereocenters. The number of para-hydroxylation sites is 1. The number of rotatable bonds is 2. The van der Waals surface area contributed by atoms with Gasteiger partial charge in [0.1, 0.15) is 5.82 Å². The number of benzene rings is 1. The van der Waals surface area contributed by atoms with E-state index >= 15 is 0 Å². The van der Waals surface area contributed by atoms with Crippen molar-refractivity contribution in [2.24, 2.45) is 0 Å². The fourth-order valence-corrected chi connectivity index (χ4v) is 2.39. The Balaban J connectivity index is 2.02. The van der Waals surface area contributed by atoms with Crippen molar-refractivity contribution in [3.8, 4) is 0 Å². The molecule has 1 aromatic carbocycles. The summed E-state index contributed by atoms with van der Waals surface area (Å²) in [5, 5.41) is 3.38. The van der Waals surface area contributed by atoms with Gasteiger partial charge in [-0.2, -0.15) is 0 Å². The van der Waals surface area contributed by atoms with Crippen LogP contribution in [0, 0.1) is 0 Å². The van der Waals surface area contributed by atoms with Crippen LogP contribution in [0.3, 0.4) is 0 Å². The predicted molar refractivity (Wildman–Crippen MR) is 78.5 cm³/mol. The van der Waals surface area contributed by atoms with Gasteiger partial charge in [0.15, 0.2) is 0 Å². The van der Waals surface area contributed by atoms with E-state index in [-0.39, 0.29) is 5.82 Å². The fourth-order valence-electron chi connectivity index (χ4n) is 2.39. The van der Waals surface area contributed by atoms with Crippen molar-refractivity contribution in [1.82, 2.24) is 15.3 Å². The second-order valence-electron chi connectivity index (χ2n) is 4.69. The van der Waals surface area contributed by atoms with Gasteiger partial charge in [-0.15, -0.1) is 0 Å². The quantitative estimate of drug-likeness (QED) is 0.843. The van der Waals surface area contributed by atoms with Gasteiger partial charge in [-0.1, -0.05) is 18.2 Å². The predicted octanol–water partition coefficient (Wildman–Crippen LogP) is 1.50. The molecular weight excluding hydrogens is 268 g/mol. The number of aromatic nitrogens is 2. The lowest BCUT2D eigenvalue weighted by Crippen LogP contribution is -2.25. The molecule has 0 fully saturated rings. The molecule has 1 aliphatic heterocycles. The van der Waals surface area contributed by atoms with Crippen molar-refractivity contribution in [2.45, 2.75) is 6.54 Å². The first-order valence-electron chi connectivity index (χ1n) is 6.77. The first-order chi connectivity index (χ1) is 10.3. The number of ether oxygens (including phenoxy) is 1. The third kappa shape index (κ3) is 2.71. The van der Waals surface area contributed by atoms with Crippen molar-refractivity contribution in [2.75, 3.05) is 25.1 Å². The van der Waals surface area contributed by atoms with E-state index in [0.29, 0.717) is 5.82 Å². The summed E-state index contributed by atoms with van der Waals surface area (Å²) in [6.45, 7) is 2.43. The second kappa shape index (κ2) is 5.88. The van der Waals surface area contributed by atoms with Crippen LogP contribution in [0.2, 0.25) is 0 Å². The number of carbonyl (C=O) groups is 1. The summed E-state index contributed by atoms with van der Waals surface area (Å²) < 4.78 is 4.68. The summed E-state index contributed by atoms with van der Waals surface area (Å²) in [6.07, 6.45) is 1.58. The van der Waals surface area contributed by atoms with Crippen LogP contribution in [0.15, 0.2) is 36.5 Å². The molecule has 6 nitrogen and oxygen atoms in total. The fraction of sp³-hybridized carbons (Fsp3) is 0.267. The maximum Gasteiger partial charge on any atom is 0.376 e. The van der Waals surface area contributed by atoms with Crippen molar-refractivity contribution in [1.29, 1.82) is 0 Å². The summed E-state index contributed by atoms with van der Waals surface area (Å²) in [6, 6.07) is 9.96. The topological polar surface area (TPSA) is 67.3 Å². The number of nitrogens with one attached hydrogen (secondary N) is 1. The molecule has 1 aliphatic rings. The van der Waals surface area contributed by atoms with E-state index < -0.39 is 5.97 Å². The summed E-state index contributed by atoms with van der Waals surface area (Å²) >= 11 is 0. The van der Waals surface area contributed by atoms with Gasteiger partial charge >= 0.3 is 5.97 Å². The summed E-state index contributed by atoms with van der Waals surface area (Å²) in [5.41, 5.74) is 2.30. The number of hydrogen-bond donors (Lipinski definition) is 1. The number of hydrogen-bond acceptors (Lipinski definition) is 6. The number of carbonyl (C=O) groups excluding carboxylic acids is 1. The molecule has 0 amide bonds. The second-order valence-corrected chi connectivity index (χ2v) is 4.69. The molecule has 6 heteroatoms. The highest BCUT2D eigenvalue weighted by Crippen LogP contribution is 2.28. The maximum atomic E-state index is 11.6. The van der Waals surface area contributed by atoms with E-state index in [2.05, 4.69) is 37.1 Å². The normalized spacial score (nSPS) is 14.2. The number of anilines is 2. The highest BCUT2D eigenvalue weighted by molar-refractivity contribution is 5.85. The van der Waals surface area contributed by atoms with Crippen LogP contribution >= 0.6 is 0 Å². The molecule has 0 saturated carbocycles. The van der Waals surface area contributed by atoms with Crippen LogP contribution in [-0.4, -0.2) is 36.1 Å². The van der Waals surface area contributed by atoms with Gasteiger partial charge in [-0.05, 0) is 17.7 Å². The minimum absolute atomic E-state index is 0.0738. The maximum absolute atomic E-state index is 11.6. The highest BCUT2D eigenvalue weighted by Gasteiger charge is 2.19. The average Bonchev–Trinajstić information content (AvgIpc) is 2.76. The molecule has 0 unspecified atom stereocenters. The summed E-state index contributed by atoms with van der Waals surface area (Å²) in [5.74, 6) is 0.240. The zero-order valence-electron chi connectivity index (χ0n) is 11.7. The molecule has 1 N–H and O–H groups in total. The lowest BCUT2D eigenvalue weighted by atomic mass is 10.1. The van der Waals surface area contributed by atoms with Crippen molar-refractivity contribution >= 4 is 17.5 Å². The van der Waals surface area contributed by atoms with E-state index in [1.807, 2.05) is 12.1 Å². The van der Waals surface area contributed by atoms with Crippen molar-refractivity contribution in [3.63, 3.8) is 0 Å². The third-order valence-corrected chi connectivity index (χ3v) is 3.40. The zero-order chi connectivity index (χ0) is 14.7. The molecule has 1 aromatic heterocycles. The van der Waals surface area contributed by atoms with Crippen LogP contribution in [0.25, 0.3) is 0 Å². The van der Waals surface area contributed by atoms with E-state index in [4.69, 9.17) is 0 Å². The number of esters is 1. The van der Waals surface area contributed by atoms with Gasteiger partial charge < -0.3 is 15.0 Å². The monoisotopic (exact) mass is 284 g/mol. The molecule has 108 valence electrons. The zero-order valence-corrected chi connectivity index (χ0v) is 11.7. The number of fused-ring (bicyclic) bond motifs is 1. The van der Waals surface area contributed by atoms with E-state index in [1.165, 1.54) is 12.7 Å². The molecule has 0 spiro atoms. The first kappa shape index (κ1) is 13.5. The van der Waals surface area contributed by atoms with Crippen molar-refractivity contribution < 1.29 is 9.53 Å². The molecule has 0 radical (unpaired) electrons. The van der Waals surface area contributed by atoms with Crippen LogP contribution in [0.5, 0.6) is 0 Å². The van der Waals surface area contributed by atoms with Crippen LogP contribution in [0.4, 0.5) is 11.5 Å². The van der Waals surface area contributed by atoms with Gasteiger partial charge in [0, 0.05) is 31.5 Å². The van der Waals surface area contributed by atoms with Gasteiger partial charge in [-0.3, -0.25) is 0 Å². The van der Waals surface area contributed by atoms with Gasteiger partial charge in [-0.25, -0.2) is 14.8 Å². The Labute approximate surface area is 122 Å². The Bertz CT molecular complexity index is 660. The standard InChI is InChI=1S/C15H16N4O2/c1-21-15(20)14-17-7-6-13(18-14)19-9-8-16-10-11-4-2-3-5-12(11)19/h2-7,16H,8-10H2,1H3. The molecule has 3 rings (SSSR count). The molecule has 2 aromatic rings. The molecule has 21 heavy (non-hydrogen) atoms. The Hall–Kier alpha value is -2.47. The average molecular weight is 284 g/mol. The molecular formula is C15H16N4O2. The highest BCUT2D eigenvalue weighted by atomic mass is 16.5. The Morgan fingerprint density at radius 1 is 1.33 bits per heavy atom. The summed E-state index contributed by atoms with van der Waals surface area (Å²) in [7, 11) is 1.32. The molecule has 0 aliphatic carbocycles. The molecule has 0 bridgehead atoms. The lowest BCUT2D eigenvalue weighted by Gasteiger charge is -2.23. The van der Waals surface area contributed by atoms with E-state index in [1.54, 1.807) is 12.3 Å². The Morgan fingerprint density at radius 2 is 2.19 bits per heavy atom. The number of methoxy groups -OCH3 is 1. The van der Waals surface area contributed by atoms with Crippen LogP contribution in [0.1, 0.15) is 16.2 Å². The largest absolute Gasteiger partial charge is 0.463 e. The molecule has 0 saturated heterocycles. The van der Waals surface area contributed by atoms with Gasteiger partial charge in [0.05, 0.1) is 7.11 Å². The van der Waals surface area contributed by atoms with Crippen LogP contribution in [-0.2, 0) is 11.3 Å². The van der Waals surface area contributed by atoms with Crippen molar-refractivity contribution in [3.05, 3.63) is 47.9 Å². The Kier molecular flexibility index (Phi) is 3.79. The summed E-state index contributed by atoms with van der Waals surface area (Å²) in [4.78, 5) is 21.9. The SMILES string of the molecule is COC(=O)c1nccc(N2CCNCc3ccccc32)n1. The van der Waals surface area contributed by atoms with Gasteiger partial charge in [0.25, 0.3) is 0 Å². The minimum Gasteiger partial charge on any atom is -0.463 e. The Morgan fingerprint density at radius 3 is 3.05 bits per heavy atom. The minimum atomic E-state index is -0.530. The molecule has 2 heterocycles. The number of nitrogens with zero attached hydrogens (tertiary/aromatic N) is 3. The third-order valence-electron chi connectivity index (χ3n) is 3.40. The first-order valence-corrected chi connectivity index (χ1v) is 6.77. The smallest absolute Gasteiger partial charge is 0.376 e. The van der Waals surface area contributed by atoms with E-state index in [0.717, 1.165) is 25.3 Å².